The molecule has 5 nitrogen and oxygen atoms in total. The van der Waals surface area contributed by atoms with Crippen molar-refractivity contribution in [1.29, 1.82) is 0 Å². The molecule has 0 aliphatic carbocycles. The summed E-state index contributed by atoms with van der Waals surface area (Å²) < 4.78 is 7.30. The summed E-state index contributed by atoms with van der Waals surface area (Å²) in [5.41, 5.74) is -0.150. The zero-order valence-electron chi connectivity index (χ0n) is 11.5. The molecule has 98 valence electrons. The van der Waals surface area contributed by atoms with E-state index in [-0.39, 0.29) is 5.60 Å². The second kappa shape index (κ2) is 6.12. The Hall–Kier alpha value is -0.940. The zero-order valence-corrected chi connectivity index (χ0v) is 11.5. The number of aromatic nitrogens is 3. The summed E-state index contributed by atoms with van der Waals surface area (Å²) in [6.45, 7) is 10.9. The highest BCUT2D eigenvalue weighted by molar-refractivity contribution is 4.85. The van der Waals surface area contributed by atoms with Crippen LogP contribution < -0.4 is 5.32 Å². The van der Waals surface area contributed by atoms with Crippen LogP contribution in [0.4, 0.5) is 0 Å². The maximum absolute atomic E-state index is 5.35. The fourth-order valence-electron chi connectivity index (χ4n) is 1.47. The van der Waals surface area contributed by atoms with Gasteiger partial charge in [-0.25, -0.2) is 9.67 Å². The first-order chi connectivity index (χ1) is 7.94. The van der Waals surface area contributed by atoms with Gasteiger partial charge in [0.25, 0.3) is 0 Å². The molecule has 1 heterocycles. The van der Waals surface area contributed by atoms with E-state index >= 15 is 0 Å². The molecule has 0 aliphatic heterocycles. The molecule has 0 saturated heterocycles. The van der Waals surface area contributed by atoms with Gasteiger partial charge in [-0.1, -0.05) is 13.8 Å². The number of hydrogen-bond donors (Lipinski definition) is 1. The van der Waals surface area contributed by atoms with Gasteiger partial charge < -0.3 is 10.1 Å². The van der Waals surface area contributed by atoms with Gasteiger partial charge in [0.05, 0.1) is 12.1 Å². The van der Waals surface area contributed by atoms with Crippen molar-refractivity contribution in [1.82, 2.24) is 20.1 Å². The molecule has 0 unspecified atom stereocenters. The molecule has 0 atom stereocenters. The lowest BCUT2D eigenvalue weighted by atomic mass is 10.1. The zero-order chi connectivity index (χ0) is 12.9. The van der Waals surface area contributed by atoms with Crippen LogP contribution >= 0.6 is 0 Å². The molecule has 0 aromatic carbocycles. The Kier molecular flexibility index (Phi) is 5.08. The van der Waals surface area contributed by atoms with Crippen molar-refractivity contribution < 1.29 is 4.74 Å². The molecular formula is C12H24N4O. The topological polar surface area (TPSA) is 52.0 Å². The Morgan fingerprint density at radius 3 is 2.76 bits per heavy atom. The minimum Gasteiger partial charge on any atom is -0.377 e. The maximum atomic E-state index is 5.35. The van der Waals surface area contributed by atoms with E-state index in [2.05, 4.69) is 43.1 Å². The van der Waals surface area contributed by atoms with Crippen molar-refractivity contribution in [2.24, 2.45) is 5.92 Å². The summed E-state index contributed by atoms with van der Waals surface area (Å²) in [5, 5.41) is 7.57. The van der Waals surface area contributed by atoms with Gasteiger partial charge in [0, 0.05) is 20.2 Å². The van der Waals surface area contributed by atoms with E-state index < -0.39 is 0 Å². The van der Waals surface area contributed by atoms with E-state index in [4.69, 9.17) is 4.74 Å². The van der Waals surface area contributed by atoms with Gasteiger partial charge in [0.1, 0.15) is 12.2 Å². The number of methoxy groups -OCH3 is 1. The van der Waals surface area contributed by atoms with Crippen molar-refractivity contribution in [3.05, 3.63) is 12.2 Å². The van der Waals surface area contributed by atoms with Crippen LogP contribution in [0.25, 0.3) is 0 Å². The van der Waals surface area contributed by atoms with Gasteiger partial charge in [-0.3, -0.25) is 0 Å². The largest absolute Gasteiger partial charge is 0.377 e. The third-order valence-corrected chi connectivity index (χ3v) is 2.62. The molecule has 17 heavy (non-hydrogen) atoms. The molecule has 1 N–H and O–H groups in total. The van der Waals surface area contributed by atoms with E-state index in [1.807, 2.05) is 4.68 Å². The fraction of sp³-hybridized carbons (Fsp3) is 0.833. The maximum Gasteiger partial charge on any atom is 0.140 e. The van der Waals surface area contributed by atoms with Gasteiger partial charge in [-0.05, 0) is 19.8 Å². The predicted octanol–water partition coefficient (Wildman–Crippen LogP) is 1.45. The molecule has 0 fully saturated rings. The standard InChI is InChI=1S/C12H24N4O/c1-10(2)7-16-11(14-9-15-16)6-13-8-12(3,4)17-5/h9-10,13H,6-8H2,1-5H3. The van der Waals surface area contributed by atoms with Gasteiger partial charge in [0.2, 0.25) is 0 Å². The van der Waals surface area contributed by atoms with Crippen LogP contribution in [0, 0.1) is 5.92 Å². The van der Waals surface area contributed by atoms with E-state index in [1.165, 1.54) is 0 Å². The monoisotopic (exact) mass is 240 g/mol. The average molecular weight is 240 g/mol. The summed E-state index contributed by atoms with van der Waals surface area (Å²) in [7, 11) is 1.73. The summed E-state index contributed by atoms with van der Waals surface area (Å²) in [5.74, 6) is 1.55. The van der Waals surface area contributed by atoms with Crippen molar-refractivity contribution in [2.75, 3.05) is 13.7 Å². The first-order valence-corrected chi connectivity index (χ1v) is 6.07. The average Bonchev–Trinajstić information content (AvgIpc) is 2.65. The van der Waals surface area contributed by atoms with Crippen molar-refractivity contribution in [2.45, 2.75) is 46.4 Å². The highest BCUT2D eigenvalue weighted by Gasteiger charge is 2.16. The molecule has 1 aromatic heterocycles. The van der Waals surface area contributed by atoms with E-state index in [9.17, 15) is 0 Å². The van der Waals surface area contributed by atoms with Crippen LogP contribution in [-0.2, 0) is 17.8 Å². The summed E-state index contributed by atoms with van der Waals surface area (Å²) in [6.07, 6.45) is 1.61. The predicted molar refractivity (Wildman–Crippen MR) is 67.7 cm³/mol. The molecule has 0 radical (unpaired) electrons. The van der Waals surface area contributed by atoms with Gasteiger partial charge in [-0.15, -0.1) is 0 Å². The minimum atomic E-state index is -0.150. The lowest BCUT2D eigenvalue weighted by Gasteiger charge is -2.23. The van der Waals surface area contributed by atoms with Crippen LogP contribution in [0.15, 0.2) is 6.33 Å². The fourth-order valence-corrected chi connectivity index (χ4v) is 1.47. The van der Waals surface area contributed by atoms with Crippen LogP contribution in [-0.4, -0.2) is 34.0 Å². The number of ether oxygens (including phenoxy) is 1. The van der Waals surface area contributed by atoms with E-state index in [0.29, 0.717) is 5.92 Å². The molecule has 5 heteroatoms. The van der Waals surface area contributed by atoms with Crippen molar-refractivity contribution in [3.63, 3.8) is 0 Å². The number of nitrogens with one attached hydrogen (secondary N) is 1. The SMILES string of the molecule is COC(C)(C)CNCc1ncnn1CC(C)C. The Balaban J connectivity index is 2.44. The Labute approximate surface area is 104 Å². The second-order valence-electron chi connectivity index (χ2n) is 5.32. The summed E-state index contributed by atoms with van der Waals surface area (Å²) in [4.78, 5) is 4.26. The summed E-state index contributed by atoms with van der Waals surface area (Å²) in [6, 6.07) is 0. The summed E-state index contributed by atoms with van der Waals surface area (Å²) >= 11 is 0. The molecule has 0 saturated carbocycles. The van der Waals surface area contributed by atoms with Gasteiger partial charge >= 0.3 is 0 Å². The third kappa shape index (κ3) is 4.83. The van der Waals surface area contributed by atoms with Gasteiger partial charge in [0.15, 0.2) is 0 Å². The molecule has 0 bridgehead atoms. The smallest absolute Gasteiger partial charge is 0.140 e. The van der Waals surface area contributed by atoms with Crippen LogP contribution in [0.1, 0.15) is 33.5 Å². The third-order valence-electron chi connectivity index (χ3n) is 2.62. The quantitative estimate of drug-likeness (QED) is 0.783. The number of rotatable bonds is 7. The van der Waals surface area contributed by atoms with Gasteiger partial charge in [-0.2, -0.15) is 5.10 Å². The number of nitrogens with zero attached hydrogens (tertiary/aromatic N) is 3. The highest BCUT2D eigenvalue weighted by Crippen LogP contribution is 2.06. The van der Waals surface area contributed by atoms with Crippen molar-refractivity contribution in [3.8, 4) is 0 Å². The molecule has 0 aliphatic rings. The van der Waals surface area contributed by atoms with Crippen molar-refractivity contribution >= 4 is 0 Å². The lowest BCUT2D eigenvalue weighted by Crippen LogP contribution is -2.36. The van der Waals surface area contributed by atoms with Crippen LogP contribution in [0.2, 0.25) is 0 Å². The highest BCUT2D eigenvalue weighted by atomic mass is 16.5. The van der Waals surface area contributed by atoms with Crippen LogP contribution in [0.5, 0.6) is 0 Å². The number of hydrogen-bond acceptors (Lipinski definition) is 4. The van der Waals surface area contributed by atoms with E-state index in [1.54, 1.807) is 13.4 Å². The first kappa shape index (κ1) is 14.1. The first-order valence-electron chi connectivity index (χ1n) is 6.07. The Morgan fingerprint density at radius 1 is 1.47 bits per heavy atom. The molecule has 0 spiro atoms. The Bertz CT molecular complexity index is 333. The molecule has 0 amide bonds. The van der Waals surface area contributed by atoms with E-state index in [0.717, 1.165) is 25.5 Å². The normalized spacial score (nSPS) is 12.4. The minimum absolute atomic E-state index is 0.150. The molecule has 1 aromatic rings. The molecular weight excluding hydrogens is 216 g/mol. The lowest BCUT2D eigenvalue weighted by molar-refractivity contribution is 0.0228. The second-order valence-corrected chi connectivity index (χ2v) is 5.32. The Morgan fingerprint density at radius 2 is 2.18 bits per heavy atom. The van der Waals surface area contributed by atoms with Crippen LogP contribution in [0.3, 0.4) is 0 Å². The molecule has 1 rings (SSSR count).